The fourth-order valence-corrected chi connectivity index (χ4v) is 1.85. The van der Waals surface area contributed by atoms with Crippen LogP contribution >= 0.6 is 23.2 Å². The van der Waals surface area contributed by atoms with E-state index in [1.54, 1.807) is 18.3 Å². The molecule has 0 bridgehead atoms. The van der Waals surface area contributed by atoms with E-state index in [1.165, 1.54) is 0 Å². The largest absolute Gasteiger partial charge is 0.251 e. The summed E-state index contributed by atoms with van der Waals surface area (Å²) in [6.07, 6.45) is 5.15. The third kappa shape index (κ3) is 2.30. The molecular formula is C12H9Cl2N3. The molecule has 0 spiro atoms. The monoisotopic (exact) mass is 265 g/mol. The Morgan fingerprint density at radius 2 is 2.12 bits per heavy atom. The summed E-state index contributed by atoms with van der Waals surface area (Å²) in [4.78, 5) is 12.5. The van der Waals surface area contributed by atoms with Crippen molar-refractivity contribution in [3.8, 4) is 0 Å². The third-order valence-corrected chi connectivity index (χ3v) is 2.66. The number of hydrogen-bond donors (Lipinski definition) is 0. The summed E-state index contributed by atoms with van der Waals surface area (Å²) >= 11 is 11.7. The van der Waals surface area contributed by atoms with Gasteiger partial charge in [-0.25, -0.2) is 9.97 Å². The summed E-state index contributed by atoms with van der Waals surface area (Å²) in [5.41, 5.74) is 2.80. The Morgan fingerprint density at radius 3 is 2.76 bits per heavy atom. The van der Waals surface area contributed by atoms with Crippen LogP contribution in [0.3, 0.4) is 0 Å². The molecule has 5 heteroatoms. The lowest BCUT2D eigenvalue weighted by molar-refractivity contribution is 1.17. The normalized spacial score (nSPS) is 11.8. The smallest absolute Gasteiger partial charge is 0.223 e. The van der Waals surface area contributed by atoms with Crippen molar-refractivity contribution in [1.82, 2.24) is 15.0 Å². The van der Waals surface area contributed by atoms with Gasteiger partial charge < -0.3 is 0 Å². The first kappa shape index (κ1) is 12.0. The molecule has 0 aliphatic heterocycles. The standard InChI is InChI=1S/C12H9Cl2N3/c1-3-7(4-2)10-11-9(16-12(14)17-10)5-8(13)6-15-11/h3-6H,1H2,2H3. The number of allylic oxidation sites excluding steroid dienone is 3. The molecule has 0 aliphatic rings. The minimum atomic E-state index is 0.165. The average Bonchev–Trinajstić information content (AvgIpc) is 2.29. The molecule has 2 rings (SSSR count). The molecule has 0 unspecified atom stereocenters. The van der Waals surface area contributed by atoms with Crippen LogP contribution in [0.1, 0.15) is 12.6 Å². The summed E-state index contributed by atoms with van der Waals surface area (Å²) in [6, 6.07) is 1.71. The van der Waals surface area contributed by atoms with Gasteiger partial charge in [0, 0.05) is 6.20 Å². The third-order valence-electron chi connectivity index (χ3n) is 2.28. The van der Waals surface area contributed by atoms with Gasteiger partial charge in [-0.3, -0.25) is 4.98 Å². The van der Waals surface area contributed by atoms with Crippen molar-refractivity contribution >= 4 is 39.8 Å². The highest BCUT2D eigenvalue weighted by Gasteiger charge is 2.10. The first-order chi connectivity index (χ1) is 8.15. The van der Waals surface area contributed by atoms with Crippen LogP contribution in [-0.2, 0) is 0 Å². The van der Waals surface area contributed by atoms with Crippen molar-refractivity contribution in [2.45, 2.75) is 6.92 Å². The SMILES string of the molecule is C=CC(=CC)c1nc(Cl)nc2cc(Cl)cnc12. The minimum absolute atomic E-state index is 0.165. The van der Waals surface area contributed by atoms with Gasteiger partial charge in [0.25, 0.3) is 0 Å². The van der Waals surface area contributed by atoms with Gasteiger partial charge in [-0.05, 0) is 30.2 Å². The number of nitrogens with zero attached hydrogens (tertiary/aromatic N) is 3. The van der Waals surface area contributed by atoms with Gasteiger partial charge in [0.15, 0.2) is 0 Å². The van der Waals surface area contributed by atoms with Crippen LogP contribution in [-0.4, -0.2) is 15.0 Å². The number of pyridine rings is 1. The molecule has 86 valence electrons. The summed E-state index contributed by atoms with van der Waals surface area (Å²) in [5, 5.41) is 0.677. The Balaban J connectivity index is 2.83. The maximum absolute atomic E-state index is 5.88. The van der Waals surface area contributed by atoms with Crippen LogP contribution < -0.4 is 0 Å². The molecule has 0 fully saturated rings. The lowest BCUT2D eigenvalue weighted by Gasteiger charge is -2.05. The molecule has 2 heterocycles. The van der Waals surface area contributed by atoms with Gasteiger partial charge >= 0.3 is 0 Å². The summed E-state index contributed by atoms with van der Waals surface area (Å²) in [6.45, 7) is 5.63. The predicted octanol–water partition coefficient (Wildman–Crippen LogP) is 3.92. The maximum atomic E-state index is 5.88. The van der Waals surface area contributed by atoms with Gasteiger partial charge in [-0.1, -0.05) is 30.3 Å². The molecule has 3 nitrogen and oxygen atoms in total. The number of aromatic nitrogens is 3. The molecule has 2 aromatic rings. The summed E-state index contributed by atoms with van der Waals surface area (Å²) in [5.74, 6) is 0. The zero-order valence-electron chi connectivity index (χ0n) is 9.11. The van der Waals surface area contributed by atoms with E-state index in [-0.39, 0.29) is 5.28 Å². The van der Waals surface area contributed by atoms with E-state index in [0.29, 0.717) is 21.7 Å². The van der Waals surface area contributed by atoms with Crippen molar-refractivity contribution in [1.29, 1.82) is 0 Å². The van der Waals surface area contributed by atoms with Crippen LogP contribution in [0, 0.1) is 0 Å². The lowest BCUT2D eigenvalue weighted by atomic mass is 10.1. The highest BCUT2D eigenvalue weighted by molar-refractivity contribution is 6.31. The quantitative estimate of drug-likeness (QED) is 0.610. The number of rotatable bonds is 2. The van der Waals surface area contributed by atoms with Crippen LogP contribution in [0.5, 0.6) is 0 Å². The molecule has 17 heavy (non-hydrogen) atoms. The van der Waals surface area contributed by atoms with E-state index in [0.717, 1.165) is 5.57 Å². The molecule has 0 radical (unpaired) electrons. The van der Waals surface area contributed by atoms with Crippen molar-refractivity contribution in [2.75, 3.05) is 0 Å². The fraction of sp³-hybridized carbons (Fsp3) is 0.0833. The van der Waals surface area contributed by atoms with Gasteiger partial charge in [0.05, 0.1) is 10.5 Å². The Morgan fingerprint density at radius 1 is 1.35 bits per heavy atom. The second-order valence-corrected chi connectivity index (χ2v) is 4.09. The predicted molar refractivity (Wildman–Crippen MR) is 71.2 cm³/mol. The highest BCUT2D eigenvalue weighted by atomic mass is 35.5. The van der Waals surface area contributed by atoms with E-state index < -0.39 is 0 Å². The van der Waals surface area contributed by atoms with Crippen LogP contribution in [0.15, 0.2) is 31.0 Å². The average molecular weight is 266 g/mol. The number of hydrogen-bond acceptors (Lipinski definition) is 3. The second kappa shape index (κ2) is 4.82. The van der Waals surface area contributed by atoms with Crippen LogP contribution in [0.2, 0.25) is 10.3 Å². The van der Waals surface area contributed by atoms with Gasteiger partial charge in [-0.2, -0.15) is 0 Å². The second-order valence-electron chi connectivity index (χ2n) is 3.31. The zero-order chi connectivity index (χ0) is 12.4. The van der Waals surface area contributed by atoms with Crippen molar-refractivity contribution < 1.29 is 0 Å². The Kier molecular flexibility index (Phi) is 3.41. The van der Waals surface area contributed by atoms with E-state index in [1.807, 2.05) is 13.0 Å². The lowest BCUT2D eigenvalue weighted by Crippen LogP contribution is -1.96. The highest BCUT2D eigenvalue weighted by Crippen LogP contribution is 2.24. The van der Waals surface area contributed by atoms with E-state index in [4.69, 9.17) is 23.2 Å². The van der Waals surface area contributed by atoms with Crippen LogP contribution in [0.25, 0.3) is 16.6 Å². The molecule has 0 N–H and O–H groups in total. The molecule has 0 aliphatic carbocycles. The van der Waals surface area contributed by atoms with Gasteiger partial charge in [-0.15, -0.1) is 0 Å². The van der Waals surface area contributed by atoms with E-state index in [9.17, 15) is 0 Å². The topological polar surface area (TPSA) is 38.7 Å². The van der Waals surface area contributed by atoms with Crippen molar-refractivity contribution in [3.05, 3.63) is 47.0 Å². The number of fused-ring (bicyclic) bond motifs is 1. The summed E-state index contributed by atoms with van der Waals surface area (Å²) in [7, 11) is 0. The zero-order valence-corrected chi connectivity index (χ0v) is 10.6. The van der Waals surface area contributed by atoms with Crippen molar-refractivity contribution in [3.63, 3.8) is 0 Å². The molecule has 2 aromatic heterocycles. The molecule has 0 atom stereocenters. The molecular weight excluding hydrogens is 257 g/mol. The van der Waals surface area contributed by atoms with Crippen LogP contribution in [0.4, 0.5) is 0 Å². The first-order valence-corrected chi connectivity index (χ1v) is 5.69. The first-order valence-electron chi connectivity index (χ1n) is 4.93. The van der Waals surface area contributed by atoms with Gasteiger partial charge in [0.1, 0.15) is 11.2 Å². The Hall–Kier alpha value is -1.45. The number of halogens is 2. The Labute approximate surface area is 109 Å². The van der Waals surface area contributed by atoms with E-state index in [2.05, 4.69) is 21.5 Å². The van der Waals surface area contributed by atoms with Crippen molar-refractivity contribution in [2.24, 2.45) is 0 Å². The Bertz CT molecular complexity index is 615. The minimum Gasteiger partial charge on any atom is -0.251 e. The molecule has 0 amide bonds. The maximum Gasteiger partial charge on any atom is 0.223 e. The van der Waals surface area contributed by atoms with Gasteiger partial charge in [0.2, 0.25) is 5.28 Å². The fourth-order valence-electron chi connectivity index (χ4n) is 1.52. The van der Waals surface area contributed by atoms with E-state index >= 15 is 0 Å². The molecule has 0 aromatic carbocycles. The molecule has 0 saturated heterocycles. The molecule has 0 saturated carbocycles. The summed E-state index contributed by atoms with van der Waals surface area (Å²) < 4.78 is 0.